The van der Waals surface area contributed by atoms with Crippen LogP contribution in [-0.2, 0) is 11.2 Å². The summed E-state index contributed by atoms with van der Waals surface area (Å²) in [5, 5.41) is 9.92. The van der Waals surface area contributed by atoms with Gasteiger partial charge in [0, 0.05) is 0 Å². The molecule has 0 aliphatic heterocycles. The number of carbonyl (C=O) groups excluding carboxylic acids is 1. The number of amides is 1. The van der Waals surface area contributed by atoms with E-state index >= 15 is 0 Å². The number of carbonyl (C=O) groups is 1. The highest BCUT2D eigenvalue weighted by atomic mass is 16.5. The second-order valence-corrected chi connectivity index (χ2v) is 4.88. The Kier molecular flexibility index (Phi) is 3.87. The Hall–Kier alpha value is -1.55. The number of aliphatic hydroxyl groups is 1. The lowest BCUT2D eigenvalue weighted by Crippen LogP contribution is -2.25. The molecule has 0 saturated heterocycles. The van der Waals surface area contributed by atoms with Crippen molar-refractivity contribution in [3.63, 3.8) is 0 Å². The van der Waals surface area contributed by atoms with Gasteiger partial charge < -0.3 is 15.6 Å². The molecular weight excluding hydrogens is 230 g/mol. The number of nitrogens with two attached hydrogens (primary N) is 1. The lowest BCUT2D eigenvalue weighted by atomic mass is 9.89. The SMILES string of the molecule is CC(COc1ccc2c(c1)[C@H](O)CCC2)C(N)=O. The van der Waals surface area contributed by atoms with E-state index in [1.165, 1.54) is 5.56 Å². The van der Waals surface area contributed by atoms with Crippen LogP contribution in [0.1, 0.15) is 37.0 Å². The first kappa shape index (κ1) is 12.9. The van der Waals surface area contributed by atoms with Crippen LogP contribution in [0.15, 0.2) is 18.2 Å². The van der Waals surface area contributed by atoms with Crippen molar-refractivity contribution in [2.75, 3.05) is 6.61 Å². The van der Waals surface area contributed by atoms with Crippen molar-refractivity contribution < 1.29 is 14.6 Å². The molecule has 2 atom stereocenters. The Morgan fingerprint density at radius 2 is 2.39 bits per heavy atom. The molecule has 0 bridgehead atoms. The third-order valence-electron chi connectivity index (χ3n) is 3.39. The van der Waals surface area contributed by atoms with Crippen molar-refractivity contribution in [2.45, 2.75) is 32.3 Å². The van der Waals surface area contributed by atoms with Crippen LogP contribution >= 0.6 is 0 Å². The van der Waals surface area contributed by atoms with Gasteiger partial charge in [-0.3, -0.25) is 4.79 Å². The number of fused-ring (bicyclic) bond motifs is 1. The molecule has 98 valence electrons. The molecule has 0 aromatic heterocycles. The van der Waals surface area contributed by atoms with Crippen molar-refractivity contribution in [1.29, 1.82) is 0 Å². The van der Waals surface area contributed by atoms with Gasteiger partial charge in [0.15, 0.2) is 0 Å². The fraction of sp³-hybridized carbons (Fsp3) is 0.500. The minimum absolute atomic E-state index is 0.268. The smallest absolute Gasteiger partial charge is 0.223 e. The summed E-state index contributed by atoms with van der Waals surface area (Å²) in [7, 11) is 0. The van der Waals surface area contributed by atoms with Crippen molar-refractivity contribution in [3.8, 4) is 5.75 Å². The number of hydrogen-bond donors (Lipinski definition) is 2. The summed E-state index contributed by atoms with van der Waals surface area (Å²) in [5.74, 6) is 0.00162. The second-order valence-electron chi connectivity index (χ2n) is 4.88. The van der Waals surface area contributed by atoms with E-state index in [4.69, 9.17) is 10.5 Å². The van der Waals surface area contributed by atoms with Gasteiger partial charge in [-0.15, -0.1) is 0 Å². The predicted molar refractivity (Wildman–Crippen MR) is 68.2 cm³/mol. The van der Waals surface area contributed by atoms with E-state index < -0.39 is 6.10 Å². The largest absolute Gasteiger partial charge is 0.493 e. The average molecular weight is 249 g/mol. The summed E-state index contributed by atoms with van der Waals surface area (Å²) in [6, 6.07) is 5.74. The Bertz CT molecular complexity index is 445. The fourth-order valence-electron chi connectivity index (χ4n) is 2.15. The third kappa shape index (κ3) is 2.82. The van der Waals surface area contributed by atoms with Gasteiger partial charge in [-0.1, -0.05) is 13.0 Å². The number of ether oxygens (including phenoxy) is 1. The highest BCUT2D eigenvalue weighted by Gasteiger charge is 2.18. The summed E-state index contributed by atoms with van der Waals surface area (Å²) in [6.45, 7) is 2.00. The van der Waals surface area contributed by atoms with Crippen LogP contribution < -0.4 is 10.5 Å². The summed E-state index contributed by atoms with van der Waals surface area (Å²) in [5.41, 5.74) is 7.31. The Morgan fingerprint density at radius 1 is 1.61 bits per heavy atom. The van der Waals surface area contributed by atoms with E-state index in [9.17, 15) is 9.90 Å². The molecule has 1 aromatic rings. The topological polar surface area (TPSA) is 72.6 Å². The quantitative estimate of drug-likeness (QED) is 0.850. The van der Waals surface area contributed by atoms with Crippen LogP contribution in [-0.4, -0.2) is 17.6 Å². The van der Waals surface area contributed by atoms with Crippen molar-refractivity contribution in [3.05, 3.63) is 29.3 Å². The minimum Gasteiger partial charge on any atom is -0.493 e. The highest BCUT2D eigenvalue weighted by Crippen LogP contribution is 2.32. The first-order valence-corrected chi connectivity index (χ1v) is 6.31. The molecule has 1 aromatic carbocycles. The van der Waals surface area contributed by atoms with E-state index in [0.717, 1.165) is 24.8 Å². The summed E-state index contributed by atoms with van der Waals surface area (Å²) in [6.07, 6.45) is 2.43. The normalized spacial score (nSPS) is 20.0. The Balaban J connectivity index is 2.06. The predicted octanol–water partition coefficient (Wildman–Crippen LogP) is 1.56. The molecule has 0 saturated carbocycles. The van der Waals surface area contributed by atoms with E-state index in [1.807, 2.05) is 18.2 Å². The molecule has 0 heterocycles. The van der Waals surface area contributed by atoms with E-state index in [2.05, 4.69) is 0 Å². The van der Waals surface area contributed by atoms with Gasteiger partial charge in [0.05, 0.1) is 18.6 Å². The van der Waals surface area contributed by atoms with Crippen molar-refractivity contribution in [2.24, 2.45) is 11.7 Å². The summed E-state index contributed by atoms with van der Waals surface area (Å²) in [4.78, 5) is 10.9. The monoisotopic (exact) mass is 249 g/mol. The van der Waals surface area contributed by atoms with Gasteiger partial charge in [0.25, 0.3) is 0 Å². The van der Waals surface area contributed by atoms with E-state index in [1.54, 1.807) is 6.92 Å². The van der Waals surface area contributed by atoms with E-state index in [0.29, 0.717) is 5.75 Å². The first-order valence-electron chi connectivity index (χ1n) is 6.31. The maximum atomic E-state index is 10.9. The molecule has 4 heteroatoms. The molecule has 1 unspecified atom stereocenters. The lowest BCUT2D eigenvalue weighted by molar-refractivity contribution is -0.122. The van der Waals surface area contributed by atoms with Gasteiger partial charge in [0.2, 0.25) is 5.91 Å². The molecule has 1 amide bonds. The van der Waals surface area contributed by atoms with Crippen LogP contribution in [0.5, 0.6) is 5.75 Å². The number of rotatable bonds is 4. The number of benzene rings is 1. The second kappa shape index (κ2) is 5.40. The average Bonchev–Trinajstić information content (AvgIpc) is 2.36. The molecule has 0 spiro atoms. The molecule has 0 radical (unpaired) electrons. The molecule has 2 rings (SSSR count). The van der Waals surface area contributed by atoms with Crippen LogP contribution in [0.25, 0.3) is 0 Å². The molecule has 0 fully saturated rings. The molecular formula is C14H19NO3. The number of hydrogen-bond acceptors (Lipinski definition) is 3. The maximum Gasteiger partial charge on any atom is 0.223 e. The van der Waals surface area contributed by atoms with Crippen molar-refractivity contribution in [1.82, 2.24) is 0 Å². The van der Waals surface area contributed by atoms with Gasteiger partial charge >= 0.3 is 0 Å². The molecule has 18 heavy (non-hydrogen) atoms. The summed E-state index contributed by atoms with van der Waals surface area (Å²) >= 11 is 0. The zero-order chi connectivity index (χ0) is 13.1. The Morgan fingerprint density at radius 3 is 3.11 bits per heavy atom. The molecule has 1 aliphatic carbocycles. The van der Waals surface area contributed by atoms with Gasteiger partial charge in [-0.2, -0.15) is 0 Å². The highest BCUT2D eigenvalue weighted by molar-refractivity contribution is 5.76. The minimum atomic E-state index is -0.397. The number of primary amides is 1. The van der Waals surface area contributed by atoms with Crippen LogP contribution in [0.3, 0.4) is 0 Å². The number of aryl methyl sites for hydroxylation is 1. The fourth-order valence-corrected chi connectivity index (χ4v) is 2.15. The van der Waals surface area contributed by atoms with Gasteiger partial charge in [0.1, 0.15) is 5.75 Å². The summed E-state index contributed by atoms with van der Waals surface area (Å²) < 4.78 is 5.53. The third-order valence-corrected chi connectivity index (χ3v) is 3.39. The molecule has 3 N–H and O–H groups in total. The Labute approximate surface area is 107 Å². The van der Waals surface area contributed by atoms with E-state index in [-0.39, 0.29) is 18.4 Å². The maximum absolute atomic E-state index is 10.9. The van der Waals surface area contributed by atoms with Crippen molar-refractivity contribution >= 4 is 5.91 Å². The van der Waals surface area contributed by atoms with Crippen LogP contribution in [0.4, 0.5) is 0 Å². The molecule has 1 aliphatic rings. The van der Waals surface area contributed by atoms with Crippen LogP contribution in [0.2, 0.25) is 0 Å². The van der Waals surface area contributed by atoms with Crippen LogP contribution in [0, 0.1) is 5.92 Å². The lowest BCUT2D eigenvalue weighted by Gasteiger charge is -2.22. The first-order chi connectivity index (χ1) is 8.58. The number of aliphatic hydroxyl groups excluding tert-OH is 1. The van der Waals surface area contributed by atoms with Gasteiger partial charge in [-0.05, 0) is 42.5 Å². The zero-order valence-corrected chi connectivity index (χ0v) is 10.6. The molecule has 4 nitrogen and oxygen atoms in total. The standard InChI is InChI=1S/C14H19NO3/c1-9(14(15)17)8-18-11-6-5-10-3-2-4-13(16)12(10)7-11/h5-7,9,13,16H,2-4,8H2,1H3,(H2,15,17)/t9?,13-/m1/s1. The zero-order valence-electron chi connectivity index (χ0n) is 10.6. The van der Waals surface area contributed by atoms with Gasteiger partial charge in [-0.25, -0.2) is 0 Å².